The molecule has 0 saturated carbocycles. The Bertz CT molecular complexity index is 650. The Kier molecular flexibility index (Phi) is 9.91. The maximum Gasteiger partial charge on any atom is 0.228 e. The molecular formula is C24H43N3O2. The minimum Gasteiger partial charge on any atom is -0.399 e. The Balaban J connectivity index is 0.000000614. The lowest BCUT2D eigenvalue weighted by Gasteiger charge is -2.32. The number of amides is 2. The number of benzene rings is 1. The number of nitrogen functional groups attached to an aromatic ring is 1. The van der Waals surface area contributed by atoms with Gasteiger partial charge in [0.2, 0.25) is 11.8 Å². The van der Waals surface area contributed by atoms with Crippen molar-refractivity contribution in [1.29, 1.82) is 0 Å². The fraction of sp³-hybridized carbons (Fsp3) is 0.667. The van der Waals surface area contributed by atoms with Crippen LogP contribution in [0.15, 0.2) is 24.3 Å². The number of nitrogens with one attached hydrogen (secondary N) is 1. The van der Waals surface area contributed by atoms with Crippen molar-refractivity contribution in [3.63, 3.8) is 0 Å². The van der Waals surface area contributed by atoms with Crippen molar-refractivity contribution in [2.24, 2.45) is 40.2 Å². The summed E-state index contributed by atoms with van der Waals surface area (Å²) in [6.45, 7) is 20.6. The SMILES string of the molecule is CC(C)C(C(=O)Nc1ccc(N)cc1)C(C)(C)C.CC(C)C(C(N)=O)C(C)(C)C. The molecule has 0 bridgehead atoms. The molecule has 0 aliphatic carbocycles. The molecule has 29 heavy (non-hydrogen) atoms. The van der Waals surface area contributed by atoms with E-state index in [0.717, 1.165) is 5.69 Å². The molecule has 2 amide bonds. The lowest BCUT2D eigenvalue weighted by Crippen LogP contribution is -2.37. The first-order valence-electron chi connectivity index (χ1n) is 10.4. The van der Waals surface area contributed by atoms with Gasteiger partial charge in [0.25, 0.3) is 0 Å². The lowest BCUT2D eigenvalue weighted by molar-refractivity contribution is -0.127. The summed E-state index contributed by atoms with van der Waals surface area (Å²) in [7, 11) is 0. The highest BCUT2D eigenvalue weighted by Crippen LogP contribution is 2.33. The monoisotopic (exact) mass is 405 g/mol. The first-order valence-corrected chi connectivity index (χ1v) is 10.4. The zero-order valence-electron chi connectivity index (χ0n) is 20.1. The van der Waals surface area contributed by atoms with Crippen LogP contribution in [0.4, 0.5) is 11.4 Å². The smallest absolute Gasteiger partial charge is 0.228 e. The quantitative estimate of drug-likeness (QED) is 0.578. The van der Waals surface area contributed by atoms with Crippen LogP contribution in [0.2, 0.25) is 0 Å². The van der Waals surface area contributed by atoms with E-state index in [0.29, 0.717) is 17.5 Å². The summed E-state index contributed by atoms with van der Waals surface area (Å²) in [6, 6.07) is 7.23. The van der Waals surface area contributed by atoms with Gasteiger partial charge < -0.3 is 16.8 Å². The first kappa shape index (κ1) is 27.0. The third-order valence-electron chi connectivity index (χ3n) is 4.97. The molecule has 0 saturated heterocycles. The number of anilines is 2. The summed E-state index contributed by atoms with van der Waals surface area (Å²) < 4.78 is 0. The molecule has 1 aromatic carbocycles. The summed E-state index contributed by atoms with van der Waals surface area (Å²) in [6.07, 6.45) is 0. The van der Waals surface area contributed by atoms with E-state index in [4.69, 9.17) is 11.5 Å². The average Bonchev–Trinajstić information content (AvgIpc) is 2.45. The number of primary amides is 1. The lowest BCUT2D eigenvalue weighted by atomic mass is 9.74. The maximum absolute atomic E-state index is 12.3. The Hall–Kier alpha value is -2.04. The molecule has 0 radical (unpaired) electrons. The van der Waals surface area contributed by atoms with Gasteiger partial charge in [-0.2, -0.15) is 0 Å². The van der Waals surface area contributed by atoms with E-state index in [2.05, 4.69) is 39.9 Å². The predicted octanol–water partition coefficient (Wildman–Crippen LogP) is 5.32. The van der Waals surface area contributed by atoms with Crippen LogP contribution < -0.4 is 16.8 Å². The van der Waals surface area contributed by atoms with Crippen LogP contribution in [0.3, 0.4) is 0 Å². The van der Waals surface area contributed by atoms with Crippen LogP contribution in [0.25, 0.3) is 0 Å². The molecule has 0 heterocycles. The molecule has 1 rings (SSSR count). The molecule has 0 aliphatic heterocycles. The van der Waals surface area contributed by atoms with Gasteiger partial charge in [-0.05, 0) is 46.9 Å². The van der Waals surface area contributed by atoms with Crippen molar-refractivity contribution in [3.05, 3.63) is 24.3 Å². The second kappa shape index (κ2) is 10.7. The van der Waals surface area contributed by atoms with E-state index in [1.54, 1.807) is 12.1 Å². The number of nitrogens with two attached hydrogens (primary N) is 2. The van der Waals surface area contributed by atoms with Gasteiger partial charge in [-0.3, -0.25) is 9.59 Å². The van der Waals surface area contributed by atoms with Crippen LogP contribution in [0, 0.1) is 34.5 Å². The van der Waals surface area contributed by atoms with Gasteiger partial charge >= 0.3 is 0 Å². The summed E-state index contributed by atoms with van der Waals surface area (Å²) >= 11 is 0. The molecule has 166 valence electrons. The van der Waals surface area contributed by atoms with Gasteiger partial charge in [-0.1, -0.05) is 69.2 Å². The minimum absolute atomic E-state index is 0.0139. The van der Waals surface area contributed by atoms with Gasteiger partial charge in [-0.15, -0.1) is 0 Å². The molecule has 1 aromatic rings. The van der Waals surface area contributed by atoms with E-state index in [-0.39, 0.29) is 34.5 Å². The Labute approximate surface area is 178 Å². The number of carbonyl (C=O) groups is 2. The van der Waals surface area contributed by atoms with E-state index in [1.165, 1.54) is 0 Å². The second-order valence-electron chi connectivity index (χ2n) is 10.7. The van der Waals surface area contributed by atoms with Crippen molar-refractivity contribution >= 4 is 23.2 Å². The van der Waals surface area contributed by atoms with Crippen LogP contribution >= 0.6 is 0 Å². The molecule has 2 atom stereocenters. The summed E-state index contributed by atoms with van der Waals surface area (Å²) in [5, 5.41) is 2.96. The number of carbonyl (C=O) groups excluding carboxylic acids is 2. The van der Waals surface area contributed by atoms with Gasteiger partial charge in [0.15, 0.2) is 0 Å². The van der Waals surface area contributed by atoms with Gasteiger partial charge in [0.05, 0.1) is 0 Å². The van der Waals surface area contributed by atoms with Crippen LogP contribution in [-0.4, -0.2) is 11.8 Å². The number of hydrogen-bond acceptors (Lipinski definition) is 3. The highest BCUT2D eigenvalue weighted by molar-refractivity contribution is 5.93. The zero-order valence-corrected chi connectivity index (χ0v) is 20.1. The average molecular weight is 406 g/mol. The Morgan fingerprint density at radius 3 is 1.41 bits per heavy atom. The molecule has 0 spiro atoms. The van der Waals surface area contributed by atoms with Crippen LogP contribution in [0.5, 0.6) is 0 Å². The fourth-order valence-electron chi connectivity index (χ4n) is 4.24. The minimum atomic E-state index is -0.187. The van der Waals surface area contributed by atoms with Gasteiger partial charge in [0, 0.05) is 23.2 Å². The highest BCUT2D eigenvalue weighted by atomic mass is 16.2. The van der Waals surface area contributed by atoms with Crippen molar-refractivity contribution in [1.82, 2.24) is 0 Å². The Morgan fingerprint density at radius 2 is 1.17 bits per heavy atom. The second-order valence-corrected chi connectivity index (χ2v) is 10.7. The zero-order chi connectivity index (χ0) is 23.2. The van der Waals surface area contributed by atoms with E-state index in [9.17, 15) is 9.59 Å². The Morgan fingerprint density at radius 1 is 0.793 bits per heavy atom. The van der Waals surface area contributed by atoms with Crippen LogP contribution in [0.1, 0.15) is 69.2 Å². The molecular weight excluding hydrogens is 362 g/mol. The maximum atomic E-state index is 12.3. The van der Waals surface area contributed by atoms with E-state index in [1.807, 2.05) is 46.8 Å². The number of rotatable bonds is 5. The third-order valence-corrected chi connectivity index (χ3v) is 4.97. The van der Waals surface area contributed by atoms with Crippen molar-refractivity contribution in [2.45, 2.75) is 69.2 Å². The van der Waals surface area contributed by atoms with Crippen LogP contribution in [-0.2, 0) is 9.59 Å². The molecule has 0 aromatic heterocycles. The van der Waals surface area contributed by atoms with E-state index < -0.39 is 0 Å². The third kappa shape index (κ3) is 9.33. The number of hydrogen-bond donors (Lipinski definition) is 3. The van der Waals surface area contributed by atoms with Crippen molar-refractivity contribution < 1.29 is 9.59 Å². The molecule has 5 heteroatoms. The van der Waals surface area contributed by atoms with E-state index >= 15 is 0 Å². The van der Waals surface area contributed by atoms with Crippen molar-refractivity contribution in [2.75, 3.05) is 11.1 Å². The summed E-state index contributed by atoms with van der Waals surface area (Å²) in [4.78, 5) is 23.4. The van der Waals surface area contributed by atoms with Crippen molar-refractivity contribution in [3.8, 4) is 0 Å². The predicted molar refractivity (Wildman–Crippen MR) is 124 cm³/mol. The van der Waals surface area contributed by atoms with Gasteiger partial charge in [-0.25, -0.2) is 0 Å². The summed E-state index contributed by atoms with van der Waals surface area (Å²) in [5.74, 6) is 0.471. The molecule has 0 fully saturated rings. The molecule has 2 unspecified atom stereocenters. The first-order chi connectivity index (χ1) is 13.0. The molecule has 0 aliphatic rings. The topological polar surface area (TPSA) is 98.2 Å². The highest BCUT2D eigenvalue weighted by Gasteiger charge is 2.34. The molecule has 5 nitrogen and oxygen atoms in total. The standard InChI is InChI=1S/C15H24N2O.C9H19NO/c1-10(2)13(15(3,4)5)14(18)17-12-8-6-11(16)7-9-12;1-6(2)7(8(10)11)9(3,4)5/h6-10,13H,16H2,1-5H3,(H,17,18);6-7H,1-5H3,(H2,10,11). The normalized spacial score (nSPS) is 14.1. The van der Waals surface area contributed by atoms with Gasteiger partial charge in [0.1, 0.15) is 0 Å². The molecule has 5 N–H and O–H groups in total. The largest absolute Gasteiger partial charge is 0.399 e. The summed E-state index contributed by atoms with van der Waals surface area (Å²) in [5.41, 5.74) is 12.3. The fourth-order valence-corrected chi connectivity index (χ4v) is 4.24.